The topological polar surface area (TPSA) is 0 Å². The number of benzene rings is 4. The van der Waals surface area contributed by atoms with Gasteiger partial charge in [-0.1, -0.05) is 70.8 Å². The minimum Gasteiger partial charge on any atom is -0.218 e. The smallest absolute Gasteiger partial charge is 0.218 e. The Morgan fingerprint density at radius 1 is 0.333 bits per heavy atom. The predicted octanol–water partition coefficient (Wildman–Crippen LogP) is 1.30. The average molecular weight is 398 g/mol. The summed E-state index contributed by atoms with van der Waals surface area (Å²) in [6.45, 7) is 8.67. The van der Waals surface area contributed by atoms with Crippen LogP contribution in [-0.4, -0.2) is 13.1 Å². The third kappa shape index (κ3) is 4.23. The van der Waals surface area contributed by atoms with Gasteiger partial charge in [0.05, 0.1) is 0 Å². The van der Waals surface area contributed by atoms with E-state index in [2.05, 4.69) is 125 Å². The van der Waals surface area contributed by atoms with E-state index in [1.165, 1.54) is 40.0 Å². The molecule has 0 radical (unpaired) electrons. The quantitative estimate of drug-likeness (QED) is 0.455. The van der Waals surface area contributed by atoms with E-state index in [1.807, 2.05) is 0 Å². The molecule has 0 unspecified atom stereocenters. The van der Waals surface area contributed by atoms with E-state index >= 15 is 0 Å². The van der Waals surface area contributed by atoms with Crippen LogP contribution in [-0.2, 0) is 0 Å². The van der Waals surface area contributed by atoms with E-state index in [0.717, 1.165) is 0 Å². The van der Waals surface area contributed by atoms with Crippen molar-refractivity contribution in [2.75, 3.05) is 0 Å². The Bertz CT molecular complexity index is 906. The molecule has 0 amide bonds. The third-order valence-electron chi connectivity index (χ3n) is 6.31. The molecule has 0 aromatic heterocycles. The summed E-state index contributed by atoms with van der Waals surface area (Å²) in [5, 5.41) is 0. The van der Waals surface area contributed by atoms with Crippen molar-refractivity contribution < 1.29 is 18.9 Å². The summed E-state index contributed by atoms with van der Waals surface area (Å²) in [5.74, 6) is 0. The molecule has 0 aliphatic carbocycles. The Morgan fingerprint density at radius 2 is 0.500 bits per heavy atom. The minimum absolute atomic E-state index is 0. The molecule has 0 nitrogen and oxygen atoms in total. The molecule has 0 saturated heterocycles. The Labute approximate surface area is 195 Å². The van der Waals surface area contributed by atoms with E-state index in [1.54, 1.807) is 0 Å². The summed E-state index contributed by atoms with van der Waals surface area (Å²) in [7, 11) is 0. The summed E-state index contributed by atoms with van der Waals surface area (Å²) in [4.78, 5) is 0. The summed E-state index contributed by atoms with van der Waals surface area (Å²) in [6.07, 6.45) is 0. The first-order valence-corrected chi connectivity index (χ1v) is 12.7. The van der Waals surface area contributed by atoms with Crippen LogP contribution < -0.4 is 36.6 Å². The number of hydrogen-bond acceptors (Lipinski definition) is 0. The molecule has 0 bridgehead atoms. The largest absolute Gasteiger partial charge is 1.00 e. The van der Waals surface area contributed by atoms with Gasteiger partial charge in [-0.05, 0) is 27.7 Å². The van der Waals surface area contributed by atoms with Crippen LogP contribution in [0.4, 0.5) is 0 Å². The van der Waals surface area contributed by atoms with Gasteiger partial charge in [-0.15, -0.1) is 48.5 Å². The van der Waals surface area contributed by atoms with Gasteiger partial charge in [-0.3, -0.25) is 0 Å². The summed E-state index contributed by atoms with van der Waals surface area (Å²) in [6, 6.07) is 37.0. The minimum atomic E-state index is -2.80. The van der Waals surface area contributed by atoms with E-state index < -0.39 is 13.1 Å². The van der Waals surface area contributed by atoms with E-state index in [4.69, 9.17) is 0 Å². The second-order valence-corrected chi connectivity index (χ2v) is 12.9. The van der Waals surface area contributed by atoms with Gasteiger partial charge in [-0.2, -0.15) is 0 Å². The van der Waals surface area contributed by atoms with Crippen LogP contribution in [0.25, 0.3) is 0 Å². The molecule has 0 aliphatic heterocycles. The number of hydrogen-bond donors (Lipinski definition) is 0. The van der Waals surface area contributed by atoms with Crippen LogP contribution in [0.3, 0.4) is 0 Å². The van der Waals surface area contributed by atoms with Crippen molar-refractivity contribution in [3.63, 3.8) is 0 Å². The van der Waals surface area contributed by atoms with Crippen molar-refractivity contribution >= 4 is 30.8 Å². The first-order chi connectivity index (χ1) is 14.0. The fourth-order valence-corrected chi connectivity index (χ4v) is 9.96. The van der Waals surface area contributed by atoms with Crippen LogP contribution in [0, 0.1) is 27.7 Å². The molecular weight excluding hydrogens is 370 g/mol. The van der Waals surface area contributed by atoms with Crippen molar-refractivity contribution in [2.24, 2.45) is 0 Å². The zero-order chi connectivity index (χ0) is 20.4. The van der Waals surface area contributed by atoms with Crippen LogP contribution in [0.5, 0.6) is 0 Å². The van der Waals surface area contributed by atoms with Crippen molar-refractivity contribution in [1.82, 2.24) is 0 Å². The van der Waals surface area contributed by atoms with Crippen molar-refractivity contribution in [2.45, 2.75) is 27.7 Å². The van der Waals surface area contributed by atoms with E-state index in [9.17, 15) is 0 Å². The molecule has 4 aromatic rings. The molecule has 0 atom stereocenters. The van der Waals surface area contributed by atoms with Gasteiger partial charge in [-0.25, -0.2) is 17.7 Å². The van der Waals surface area contributed by atoms with Gasteiger partial charge in [0.2, 0.25) is 0 Å². The maximum Gasteiger partial charge on any atom is 1.00 e. The number of aryl methyl sites for hydroxylation is 4. The Hall–Kier alpha value is -1.99. The molecule has 4 aromatic carbocycles. The van der Waals surface area contributed by atoms with Crippen LogP contribution in [0.15, 0.2) is 97.1 Å². The second-order valence-electron chi connectivity index (χ2n) is 8.51. The predicted molar refractivity (Wildman–Crippen MR) is 129 cm³/mol. The van der Waals surface area contributed by atoms with Gasteiger partial charge < -0.3 is 0 Å². The second kappa shape index (κ2) is 9.43. The fourth-order valence-electron chi connectivity index (χ4n) is 4.58. The molecule has 0 heterocycles. The van der Waals surface area contributed by atoms with Gasteiger partial charge in [0.1, 0.15) is 0 Å². The molecule has 0 saturated carbocycles. The summed E-state index contributed by atoms with van der Waals surface area (Å²) >= 11 is -2.80. The van der Waals surface area contributed by atoms with Crippen molar-refractivity contribution in [3.05, 3.63) is 119 Å². The maximum atomic E-state index is 2.36. The Kier molecular flexibility index (Phi) is 7.14. The SMILES string of the molecule is Cc1cc[c]([Al-]([c]2ccc(C)cc2)([c]2ccc(C)cc2)[c]2ccc(C)cc2)cc1.[Li+]. The molecule has 4 rings (SSSR count). The van der Waals surface area contributed by atoms with Crippen LogP contribution in [0.1, 0.15) is 22.3 Å². The first-order valence-electron chi connectivity index (χ1n) is 10.4. The first kappa shape index (κ1) is 22.7. The Balaban J connectivity index is 0.00000256. The molecule has 2 heteroatoms. The normalized spacial score (nSPS) is 11.1. The summed E-state index contributed by atoms with van der Waals surface area (Å²) in [5.41, 5.74) is 5.22. The Morgan fingerprint density at radius 3 is 0.667 bits per heavy atom. The molecular formula is C28H28AlLi. The van der Waals surface area contributed by atoms with Gasteiger partial charge in [0.15, 0.2) is 0 Å². The zero-order valence-corrected chi connectivity index (χ0v) is 20.0. The molecule has 0 spiro atoms. The maximum absolute atomic E-state index is 2.80. The van der Waals surface area contributed by atoms with Gasteiger partial charge in [0.25, 0.3) is 13.1 Å². The van der Waals surface area contributed by atoms with Gasteiger partial charge in [0, 0.05) is 0 Å². The molecule has 0 N–H and O–H groups in total. The fraction of sp³-hybridized carbons (Fsp3) is 0.143. The van der Waals surface area contributed by atoms with Crippen molar-refractivity contribution in [3.8, 4) is 0 Å². The van der Waals surface area contributed by atoms with E-state index in [-0.39, 0.29) is 18.9 Å². The number of rotatable bonds is 4. The summed E-state index contributed by atoms with van der Waals surface area (Å²) < 4.78 is 5.83. The molecule has 144 valence electrons. The van der Waals surface area contributed by atoms with Crippen molar-refractivity contribution in [1.29, 1.82) is 0 Å². The standard InChI is InChI=1S/4C7H7.Al.Li/c4*1-7-5-3-2-4-6-7;;/h4*3-6H,1H3;;/q;;;;-1;+1. The average Bonchev–Trinajstić information content (AvgIpc) is 2.73. The van der Waals surface area contributed by atoms with Gasteiger partial charge >= 0.3 is 18.9 Å². The molecule has 0 aliphatic rings. The third-order valence-corrected chi connectivity index (χ3v) is 11.8. The van der Waals surface area contributed by atoms with E-state index in [0.29, 0.717) is 0 Å². The van der Waals surface area contributed by atoms with Crippen LogP contribution >= 0.6 is 0 Å². The molecule has 0 fully saturated rings. The van der Waals surface area contributed by atoms with Crippen LogP contribution in [0.2, 0.25) is 0 Å². The zero-order valence-electron chi connectivity index (χ0n) is 18.8. The molecule has 30 heavy (non-hydrogen) atoms. The monoisotopic (exact) mass is 398 g/mol.